The van der Waals surface area contributed by atoms with E-state index in [-0.39, 0.29) is 18.2 Å². The first-order valence-corrected chi connectivity index (χ1v) is 7.53. The van der Waals surface area contributed by atoms with Gasteiger partial charge in [0, 0.05) is 10.2 Å². The van der Waals surface area contributed by atoms with E-state index in [1.165, 1.54) is 0 Å². The van der Waals surface area contributed by atoms with Crippen molar-refractivity contribution in [1.82, 2.24) is 0 Å². The van der Waals surface area contributed by atoms with Crippen molar-refractivity contribution < 1.29 is 31.1 Å². The number of alkyl halides is 6. The van der Waals surface area contributed by atoms with Crippen LogP contribution in [0, 0.1) is 0 Å². The van der Waals surface area contributed by atoms with Crippen molar-refractivity contribution >= 4 is 15.4 Å². The molecule has 0 heterocycles. The van der Waals surface area contributed by atoms with Crippen LogP contribution in [0.15, 0.2) is 42.5 Å². The molecule has 23 heavy (non-hydrogen) atoms. The summed E-state index contributed by atoms with van der Waals surface area (Å²) in [6.07, 6.45) is -9.71. The standard InChI is InChI=1S/C15H12F6OSi/c16-14(17,18)10-5-9(6-11(7-10)15(19,20)21)8-22-12-1-3-13(23)4-2-12/h1-7H,8H2,23H3. The topological polar surface area (TPSA) is 9.23 Å². The highest BCUT2D eigenvalue weighted by Gasteiger charge is 2.36. The zero-order valence-electron chi connectivity index (χ0n) is 11.9. The molecule has 0 saturated carbocycles. The number of ether oxygens (including phenoxy) is 1. The van der Waals surface area contributed by atoms with Gasteiger partial charge in [-0.15, -0.1) is 0 Å². The minimum absolute atomic E-state index is 0.0972. The van der Waals surface area contributed by atoms with Crippen LogP contribution in [0.1, 0.15) is 16.7 Å². The maximum atomic E-state index is 12.7. The van der Waals surface area contributed by atoms with E-state index >= 15 is 0 Å². The van der Waals surface area contributed by atoms with Crippen molar-refractivity contribution in [3.8, 4) is 5.75 Å². The number of hydrogen-bond acceptors (Lipinski definition) is 1. The number of benzene rings is 2. The van der Waals surface area contributed by atoms with Crippen LogP contribution in [-0.4, -0.2) is 10.2 Å². The summed E-state index contributed by atoms with van der Waals surface area (Å²) >= 11 is 0. The van der Waals surface area contributed by atoms with Crippen LogP contribution in [0.2, 0.25) is 0 Å². The van der Waals surface area contributed by atoms with Crippen LogP contribution >= 0.6 is 0 Å². The van der Waals surface area contributed by atoms with Crippen molar-refractivity contribution in [3.63, 3.8) is 0 Å². The van der Waals surface area contributed by atoms with Crippen molar-refractivity contribution in [2.24, 2.45) is 0 Å². The van der Waals surface area contributed by atoms with Gasteiger partial charge in [0.1, 0.15) is 12.4 Å². The molecule has 0 aliphatic carbocycles. The van der Waals surface area contributed by atoms with Crippen molar-refractivity contribution in [1.29, 1.82) is 0 Å². The average Bonchev–Trinajstić information content (AvgIpc) is 2.44. The molecular weight excluding hydrogens is 338 g/mol. The maximum Gasteiger partial charge on any atom is 0.416 e. The van der Waals surface area contributed by atoms with Crippen LogP contribution < -0.4 is 9.92 Å². The zero-order valence-corrected chi connectivity index (χ0v) is 13.9. The summed E-state index contributed by atoms with van der Waals surface area (Å²) in [5.41, 5.74) is -2.89. The van der Waals surface area contributed by atoms with Crippen LogP contribution in [0.4, 0.5) is 26.3 Å². The summed E-state index contributed by atoms with van der Waals surface area (Å²) in [6.45, 7) is -0.381. The van der Waals surface area contributed by atoms with E-state index in [4.69, 9.17) is 4.74 Å². The highest BCUT2D eigenvalue weighted by molar-refractivity contribution is 6.32. The van der Waals surface area contributed by atoms with E-state index in [0.29, 0.717) is 17.9 Å². The van der Waals surface area contributed by atoms with E-state index in [0.717, 1.165) is 15.4 Å². The highest BCUT2D eigenvalue weighted by Crippen LogP contribution is 2.36. The highest BCUT2D eigenvalue weighted by atomic mass is 28.1. The Labute approximate surface area is 131 Å². The Morgan fingerprint density at radius 1 is 0.783 bits per heavy atom. The molecule has 0 atom stereocenters. The molecular formula is C15H12F6OSi. The predicted octanol–water partition coefficient (Wildman–Crippen LogP) is 3.29. The van der Waals surface area contributed by atoms with Crippen molar-refractivity contribution in [3.05, 3.63) is 59.2 Å². The second-order valence-electron chi connectivity index (χ2n) is 5.02. The van der Waals surface area contributed by atoms with Gasteiger partial charge in [-0.1, -0.05) is 17.3 Å². The van der Waals surface area contributed by atoms with Gasteiger partial charge in [-0.2, -0.15) is 26.3 Å². The minimum Gasteiger partial charge on any atom is -0.489 e. The fourth-order valence-corrected chi connectivity index (χ4v) is 2.24. The van der Waals surface area contributed by atoms with Gasteiger partial charge in [0.05, 0.1) is 11.1 Å². The quantitative estimate of drug-likeness (QED) is 0.610. The Balaban J connectivity index is 2.28. The van der Waals surface area contributed by atoms with Crippen LogP contribution in [0.3, 0.4) is 0 Å². The summed E-state index contributed by atoms with van der Waals surface area (Å²) in [5, 5.41) is 1.09. The van der Waals surface area contributed by atoms with Crippen molar-refractivity contribution in [2.75, 3.05) is 0 Å². The summed E-state index contributed by atoms with van der Waals surface area (Å²) < 4.78 is 81.7. The molecule has 0 bridgehead atoms. The number of hydrogen-bond donors (Lipinski definition) is 0. The zero-order chi connectivity index (χ0) is 17.3. The first-order valence-electron chi connectivity index (χ1n) is 6.53. The molecule has 0 aliphatic heterocycles. The molecule has 0 amide bonds. The Hall–Kier alpha value is -1.96. The van der Waals surface area contributed by atoms with Gasteiger partial charge in [-0.25, -0.2) is 0 Å². The number of rotatable bonds is 3. The second-order valence-corrected chi connectivity index (χ2v) is 6.17. The molecule has 2 rings (SSSR count). The van der Waals surface area contributed by atoms with Crippen molar-refractivity contribution in [2.45, 2.75) is 19.0 Å². The van der Waals surface area contributed by atoms with E-state index in [2.05, 4.69) is 0 Å². The first-order chi connectivity index (χ1) is 10.6. The van der Waals surface area contributed by atoms with Gasteiger partial charge >= 0.3 is 12.4 Å². The minimum atomic E-state index is -4.86. The third kappa shape index (κ3) is 4.75. The van der Waals surface area contributed by atoms with Gasteiger partial charge in [-0.3, -0.25) is 0 Å². The smallest absolute Gasteiger partial charge is 0.416 e. The monoisotopic (exact) mass is 350 g/mol. The fraction of sp³-hybridized carbons (Fsp3) is 0.200. The van der Waals surface area contributed by atoms with Gasteiger partial charge in [0.15, 0.2) is 0 Å². The lowest BCUT2D eigenvalue weighted by atomic mass is 10.1. The van der Waals surface area contributed by atoms with Gasteiger partial charge in [-0.05, 0) is 35.9 Å². The Kier molecular flexibility index (Phi) is 4.74. The lowest BCUT2D eigenvalue weighted by Gasteiger charge is -2.14. The summed E-state index contributed by atoms with van der Waals surface area (Å²) in [5.74, 6) is 0.385. The van der Waals surface area contributed by atoms with Crippen LogP contribution in [-0.2, 0) is 19.0 Å². The Bertz CT molecular complexity index is 644. The average molecular weight is 350 g/mol. The van der Waals surface area contributed by atoms with E-state index in [1.807, 2.05) is 0 Å². The van der Waals surface area contributed by atoms with E-state index in [1.54, 1.807) is 24.3 Å². The molecule has 0 saturated heterocycles. The molecule has 2 aromatic rings. The molecule has 124 valence electrons. The first kappa shape index (κ1) is 17.4. The Morgan fingerprint density at radius 3 is 1.70 bits per heavy atom. The van der Waals surface area contributed by atoms with E-state index < -0.39 is 23.5 Å². The molecule has 0 unspecified atom stereocenters. The molecule has 2 aromatic carbocycles. The molecule has 1 nitrogen and oxygen atoms in total. The second kappa shape index (κ2) is 6.27. The third-order valence-electron chi connectivity index (χ3n) is 3.07. The van der Waals surface area contributed by atoms with Gasteiger partial charge < -0.3 is 4.74 Å². The van der Waals surface area contributed by atoms with Gasteiger partial charge in [0.25, 0.3) is 0 Å². The Morgan fingerprint density at radius 2 is 1.26 bits per heavy atom. The molecule has 0 aliphatic rings. The predicted molar refractivity (Wildman–Crippen MR) is 76.8 cm³/mol. The fourth-order valence-electron chi connectivity index (χ4n) is 1.90. The molecule has 0 radical (unpaired) electrons. The van der Waals surface area contributed by atoms with Gasteiger partial charge in [0.2, 0.25) is 0 Å². The lowest BCUT2D eigenvalue weighted by molar-refractivity contribution is -0.143. The molecule has 0 aromatic heterocycles. The van der Waals surface area contributed by atoms with Crippen LogP contribution in [0.5, 0.6) is 5.75 Å². The molecule has 0 N–H and O–H groups in total. The van der Waals surface area contributed by atoms with Crippen LogP contribution in [0.25, 0.3) is 0 Å². The van der Waals surface area contributed by atoms with E-state index in [9.17, 15) is 26.3 Å². The normalized spacial score (nSPS) is 12.4. The summed E-state index contributed by atoms with van der Waals surface area (Å²) in [7, 11) is 0.833. The third-order valence-corrected chi connectivity index (χ3v) is 3.74. The summed E-state index contributed by atoms with van der Waals surface area (Å²) in [6, 6.07) is 8.25. The SMILES string of the molecule is FC(F)(F)c1cc(COc2ccc([SiH3])cc2)cc(C(F)(F)F)c1. The largest absolute Gasteiger partial charge is 0.489 e. The summed E-state index contributed by atoms with van der Waals surface area (Å²) in [4.78, 5) is 0. The molecule has 8 heteroatoms. The number of halogens is 6. The maximum absolute atomic E-state index is 12.7. The molecule has 0 fully saturated rings. The lowest BCUT2D eigenvalue weighted by Crippen LogP contribution is -2.12. The molecule has 0 spiro atoms.